The lowest BCUT2D eigenvalue weighted by Gasteiger charge is -2.11. The van der Waals surface area contributed by atoms with E-state index in [0.29, 0.717) is 32.4 Å². The van der Waals surface area contributed by atoms with Crippen LogP contribution in [-0.2, 0) is 16.6 Å². The Bertz CT molecular complexity index is 1600. The van der Waals surface area contributed by atoms with E-state index < -0.39 is 21.7 Å². The van der Waals surface area contributed by atoms with Gasteiger partial charge in [-0.05, 0) is 37.3 Å². The highest BCUT2D eigenvalue weighted by molar-refractivity contribution is 7.92. The van der Waals surface area contributed by atoms with Crippen LogP contribution in [-0.4, -0.2) is 30.5 Å². The van der Waals surface area contributed by atoms with Gasteiger partial charge in [0.05, 0.1) is 28.0 Å². The molecule has 0 spiro atoms. The molecule has 0 unspecified atom stereocenters. The third-order valence-corrected chi connectivity index (χ3v) is 6.91. The molecule has 0 saturated carbocycles. The van der Waals surface area contributed by atoms with E-state index in [4.69, 9.17) is 27.9 Å². The minimum absolute atomic E-state index is 0.0842. The number of carbonyl (C=O) groups is 1. The number of nitrogens with one attached hydrogen (secondary N) is 2. The summed E-state index contributed by atoms with van der Waals surface area (Å²) in [6, 6.07) is 8.90. The first-order chi connectivity index (χ1) is 17.5. The first kappa shape index (κ1) is 26.8. The molecule has 8 nitrogen and oxygen atoms in total. The van der Waals surface area contributed by atoms with Crippen LogP contribution in [0.4, 0.5) is 15.8 Å². The number of aryl methyl sites for hydroxylation is 1. The smallest absolute Gasteiger partial charge is 0.265 e. The van der Waals surface area contributed by atoms with Gasteiger partial charge in [0.25, 0.3) is 5.91 Å². The van der Waals surface area contributed by atoms with Crippen LogP contribution in [0.1, 0.15) is 20.1 Å². The summed E-state index contributed by atoms with van der Waals surface area (Å²) in [6.45, 7) is 1.89. The molecule has 0 aliphatic carbocycles. The fourth-order valence-electron chi connectivity index (χ4n) is 3.39. The number of halogens is 3. The zero-order valence-corrected chi connectivity index (χ0v) is 22.5. The highest BCUT2D eigenvalue weighted by atomic mass is 35.5. The Morgan fingerprint density at radius 2 is 1.81 bits per heavy atom. The monoisotopic (exact) mass is 580 g/mol. The highest BCUT2D eigenvalue weighted by Gasteiger charge is 2.19. The van der Waals surface area contributed by atoms with Gasteiger partial charge < -0.3 is 10.1 Å². The molecular weight excluding hydrogens is 562 g/mol. The van der Waals surface area contributed by atoms with Gasteiger partial charge in [-0.1, -0.05) is 23.2 Å². The molecule has 0 bridgehead atoms. The summed E-state index contributed by atoms with van der Waals surface area (Å²) in [6.07, 6.45) is 5.16. The average molecular weight is 581 g/mol. The number of amides is 1. The normalized spacial score (nSPS) is 11.3. The van der Waals surface area contributed by atoms with E-state index in [2.05, 4.69) is 20.0 Å². The van der Waals surface area contributed by atoms with Crippen molar-refractivity contribution >= 4 is 61.8 Å². The number of aromatic nitrogens is 2. The molecule has 0 fully saturated rings. The number of sulfonamides is 1. The van der Waals surface area contributed by atoms with Gasteiger partial charge in [0, 0.05) is 45.2 Å². The maximum absolute atomic E-state index is 14.0. The molecule has 13 heteroatoms. The molecule has 192 valence electrons. The highest BCUT2D eigenvalue weighted by Crippen LogP contribution is 2.36. The maximum atomic E-state index is 14.0. The number of carbonyl (C=O) groups excluding carboxylic acids is 1. The summed E-state index contributed by atoms with van der Waals surface area (Å²) < 4.78 is 45.2. The Kier molecular flexibility index (Phi) is 7.98. The number of anilines is 2. The van der Waals surface area contributed by atoms with Gasteiger partial charge in [-0.3, -0.25) is 14.5 Å². The van der Waals surface area contributed by atoms with Gasteiger partial charge in [-0.15, -0.1) is 11.3 Å². The molecule has 3 aromatic heterocycles. The zero-order valence-electron chi connectivity index (χ0n) is 19.4. The van der Waals surface area contributed by atoms with Crippen LogP contribution in [0.15, 0.2) is 55.0 Å². The molecule has 1 amide bonds. The largest absolute Gasteiger partial charge is 0.486 e. The summed E-state index contributed by atoms with van der Waals surface area (Å²) in [5.74, 6) is -0.825. The summed E-state index contributed by atoms with van der Waals surface area (Å²) in [5, 5.41) is 3.40. The van der Waals surface area contributed by atoms with E-state index >= 15 is 0 Å². The molecule has 0 saturated heterocycles. The fourth-order valence-corrected chi connectivity index (χ4v) is 5.28. The van der Waals surface area contributed by atoms with Crippen molar-refractivity contribution in [3.63, 3.8) is 0 Å². The predicted octanol–water partition coefficient (Wildman–Crippen LogP) is 6.16. The number of hydrogen-bond acceptors (Lipinski definition) is 7. The van der Waals surface area contributed by atoms with Crippen LogP contribution < -0.4 is 14.8 Å². The Hall–Kier alpha value is -3.25. The van der Waals surface area contributed by atoms with Crippen LogP contribution in [0.3, 0.4) is 0 Å². The van der Waals surface area contributed by atoms with E-state index in [-0.39, 0.29) is 23.1 Å². The Morgan fingerprint density at radius 3 is 2.54 bits per heavy atom. The fraction of sp³-hybridized carbons (Fsp3) is 0.125. The molecule has 37 heavy (non-hydrogen) atoms. The quantitative estimate of drug-likeness (QED) is 0.258. The van der Waals surface area contributed by atoms with Crippen molar-refractivity contribution in [2.45, 2.75) is 13.5 Å². The van der Waals surface area contributed by atoms with Gasteiger partial charge in [-0.25, -0.2) is 17.8 Å². The van der Waals surface area contributed by atoms with Crippen LogP contribution in [0.2, 0.25) is 10.0 Å². The number of rotatable bonds is 8. The minimum Gasteiger partial charge on any atom is -0.486 e. The summed E-state index contributed by atoms with van der Waals surface area (Å²) in [7, 11) is -3.53. The standard InChI is InChI=1S/C24H19Cl2FN4O4S2/c1-13-20(23-21(6-17(27)11-29-23)35-12-14-3-16(26)10-28-9-14)8-22(36-13)24(32)30-18-4-15(25)5-19(7-18)31-37(2,33)34/h3-11,31H,12H2,1-2H3,(H,30,32). The second-order valence-electron chi connectivity index (χ2n) is 7.94. The first-order valence-corrected chi connectivity index (χ1v) is 14.0. The molecular formula is C24H19Cl2FN4O4S2. The molecule has 4 rings (SSSR count). The predicted molar refractivity (Wildman–Crippen MR) is 144 cm³/mol. The van der Waals surface area contributed by atoms with Crippen LogP contribution in [0, 0.1) is 12.7 Å². The minimum atomic E-state index is -3.53. The van der Waals surface area contributed by atoms with Crippen molar-refractivity contribution in [2.24, 2.45) is 0 Å². The van der Waals surface area contributed by atoms with E-state index in [1.165, 1.54) is 41.8 Å². The van der Waals surface area contributed by atoms with Crippen molar-refractivity contribution < 1.29 is 22.3 Å². The van der Waals surface area contributed by atoms with Crippen molar-refractivity contribution in [3.8, 4) is 17.0 Å². The van der Waals surface area contributed by atoms with Crippen molar-refractivity contribution in [1.29, 1.82) is 0 Å². The second kappa shape index (κ2) is 11.0. The molecule has 0 aliphatic heterocycles. The molecule has 3 heterocycles. The molecule has 0 aliphatic rings. The lowest BCUT2D eigenvalue weighted by molar-refractivity contribution is 0.103. The van der Waals surface area contributed by atoms with Gasteiger partial charge in [0.2, 0.25) is 10.0 Å². The van der Waals surface area contributed by atoms with E-state index in [1.807, 2.05) is 0 Å². The molecule has 1 aromatic carbocycles. The molecule has 2 N–H and O–H groups in total. The second-order valence-corrected chi connectivity index (χ2v) is 11.8. The lowest BCUT2D eigenvalue weighted by atomic mass is 10.1. The average Bonchev–Trinajstić information content (AvgIpc) is 3.18. The van der Waals surface area contributed by atoms with Crippen molar-refractivity contribution in [2.75, 3.05) is 16.3 Å². The van der Waals surface area contributed by atoms with Gasteiger partial charge in [-0.2, -0.15) is 0 Å². The summed E-state index contributed by atoms with van der Waals surface area (Å²) in [4.78, 5) is 22.3. The van der Waals surface area contributed by atoms with Gasteiger partial charge in [0.15, 0.2) is 0 Å². The molecule has 4 aromatic rings. The van der Waals surface area contributed by atoms with Gasteiger partial charge >= 0.3 is 0 Å². The summed E-state index contributed by atoms with van der Waals surface area (Å²) >= 11 is 13.3. The van der Waals surface area contributed by atoms with Crippen molar-refractivity contribution in [3.05, 3.63) is 86.2 Å². The van der Waals surface area contributed by atoms with Crippen LogP contribution in [0.5, 0.6) is 5.75 Å². The number of thiophene rings is 1. The van der Waals surface area contributed by atoms with E-state index in [9.17, 15) is 17.6 Å². The molecule has 0 radical (unpaired) electrons. The number of nitrogens with zero attached hydrogens (tertiary/aromatic N) is 2. The first-order valence-electron chi connectivity index (χ1n) is 10.5. The number of benzene rings is 1. The molecule has 0 atom stereocenters. The van der Waals surface area contributed by atoms with Crippen LogP contribution >= 0.6 is 34.5 Å². The summed E-state index contributed by atoms with van der Waals surface area (Å²) in [5.41, 5.74) is 2.17. The number of pyridine rings is 2. The number of ether oxygens (including phenoxy) is 1. The Morgan fingerprint density at radius 1 is 1.05 bits per heavy atom. The van der Waals surface area contributed by atoms with Crippen LogP contribution in [0.25, 0.3) is 11.3 Å². The van der Waals surface area contributed by atoms with E-state index in [0.717, 1.165) is 17.3 Å². The number of hydrogen-bond donors (Lipinski definition) is 2. The third-order valence-electron chi connectivity index (χ3n) is 4.83. The third kappa shape index (κ3) is 7.16. The SMILES string of the molecule is Cc1sc(C(=O)Nc2cc(Cl)cc(NS(C)(=O)=O)c2)cc1-c1ncc(F)cc1OCc1cncc(Cl)c1. The van der Waals surface area contributed by atoms with E-state index in [1.54, 1.807) is 25.3 Å². The zero-order chi connectivity index (χ0) is 26.7. The Balaban J connectivity index is 1.58. The lowest BCUT2D eigenvalue weighted by Crippen LogP contribution is -2.12. The maximum Gasteiger partial charge on any atom is 0.265 e. The topological polar surface area (TPSA) is 110 Å². The van der Waals surface area contributed by atoms with Gasteiger partial charge in [0.1, 0.15) is 23.9 Å². The Labute approximate surface area is 226 Å². The van der Waals surface area contributed by atoms with Crippen molar-refractivity contribution in [1.82, 2.24) is 9.97 Å².